The van der Waals surface area contributed by atoms with E-state index in [-0.39, 0.29) is 6.04 Å². The van der Waals surface area contributed by atoms with Gasteiger partial charge in [-0.05, 0) is 97.4 Å². The lowest BCUT2D eigenvalue weighted by Crippen LogP contribution is -2.38. The van der Waals surface area contributed by atoms with Gasteiger partial charge in [-0.15, -0.1) is 0 Å². The van der Waals surface area contributed by atoms with E-state index >= 15 is 0 Å². The molecule has 0 saturated heterocycles. The summed E-state index contributed by atoms with van der Waals surface area (Å²) in [4.78, 5) is 0. The quantitative estimate of drug-likeness (QED) is 0.175. The maximum atomic E-state index is 13.9. The van der Waals surface area contributed by atoms with Crippen LogP contribution in [0.3, 0.4) is 0 Å². The number of hydrogen-bond donors (Lipinski definition) is 1. The van der Waals surface area contributed by atoms with E-state index in [0.29, 0.717) is 17.9 Å². The molecule has 2 aliphatic carbocycles. The van der Waals surface area contributed by atoms with Gasteiger partial charge < -0.3 is 4.74 Å². The van der Waals surface area contributed by atoms with Crippen molar-refractivity contribution in [1.82, 2.24) is 4.72 Å². The highest BCUT2D eigenvalue weighted by Crippen LogP contribution is 2.57. The molecule has 2 atom stereocenters. The van der Waals surface area contributed by atoms with Gasteiger partial charge in [-0.25, -0.2) is 8.93 Å². The predicted octanol–water partition coefficient (Wildman–Crippen LogP) is 10.3. The van der Waals surface area contributed by atoms with Gasteiger partial charge in [-0.2, -0.15) is 0 Å². The topological polar surface area (TPSA) is 38.3 Å². The van der Waals surface area contributed by atoms with Gasteiger partial charge in [0.1, 0.15) is 12.4 Å². The molecule has 45 heavy (non-hydrogen) atoms. The van der Waals surface area contributed by atoms with E-state index in [2.05, 4.69) is 116 Å². The van der Waals surface area contributed by atoms with Gasteiger partial charge >= 0.3 is 0 Å². The molecule has 4 aromatic rings. The zero-order valence-electron chi connectivity index (χ0n) is 27.3. The van der Waals surface area contributed by atoms with Crippen molar-refractivity contribution in [2.75, 3.05) is 0 Å². The summed E-state index contributed by atoms with van der Waals surface area (Å²) in [6.07, 6.45) is 13.3. The number of nitrogens with one attached hydrogen (secondary N) is 1. The van der Waals surface area contributed by atoms with Gasteiger partial charge in [-0.1, -0.05) is 125 Å². The highest BCUT2D eigenvalue weighted by molar-refractivity contribution is 7.84. The van der Waals surface area contributed by atoms with Crippen LogP contribution in [0.2, 0.25) is 0 Å². The minimum Gasteiger partial charge on any atom is -0.488 e. The fourth-order valence-electron chi connectivity index (χ4n) is 7.26. The van der Waals surface area contributed by atoms with Crippen molar-refractivity contribution in [2.24, 2.45) is 0 Å². The van der Waals surface area contributed by atoms with Crippen LogP contribution in [0.5, 0.6) is 5.75 Å². The van der Waals surface area contributed by atoms with Gasteiger partial charge in [0, 0.05) is 5.30 Å². The van der Waals surface area contributed by atoms with Crippen molar-refractivity contribution in [3.8, 4) is 5.75 Å². The summed E-state index contributed by atoms with van der Waals surface area (Å²) in [6.45, 7) is 6.73. The molecule has 2 aliphatic rings. The van der Waals surface area contributed by atoms with Crippen molar-refractivity contribution in [2.45, 2.75) is 114 Å². The van der Waals surface area contributed by atoms with Crippen LogP contribution in [-0.4, -0.2) is 20.3 Å². The Labute approximate surface area is 274 Å². The van der Waals surface area contributed by atoms with Crippen LogP contribution in [0, 0.1) is 0 Å². The van der Waals surface area contributed by atoms with Crippen LogP contribution in [-0.2, 0) is 17.6 Å². The summed E-state index contributed by atoms with van der Waals surface area (Å²) in [5.41, 5.74) is 5.03. The lowest BCUT2D eigenvalue weighted by molar-refractivity contribution is 0.308. The first-order chi connectivity index (χ1) is 21.9. The third-order valence-electron chi connectivity index (χ3n) is 9.66. The summed E-state index contributed by atoms with van der Waals surface area (Å²) in [5, 5.41) is 3.87. The molecule has 0 bridgehead atoms. The first-order valence-corrected chi connectivity index (χ1v) is 19.8. The van der Waals surface area contributed by atoms with E-state index in [1.165, 1.54) is 91.4 Å². The van der Waals surface area contributed by atoms with Crippen LogP contribution in [0.4, 0.5) is 0 Å². The molecule has 0 heterocycles. The predicted molar refractivity (Wildman–Crippen MR) is 194 cm³/mol. The average Bonchev–Trinajstić information content (AvgIpc) is 3.07. The van der Waals surface area contributed by atoms with Gasteiger partial charge in [0.15, 0.2) is 0 Å². The Kier molecular flexibility index (Phi) is 10.8. The monoisotopic (exact) mass is 639 g/mol. The van der Waals surface area contributed by atoms with Crippen LogP contribution >= 0.6 is 7.92 Å². The zero-order chi connectivity index (χ0) is 31.2. The molecular formula is C40H50NO2PS. The number of ether oxygens (including phenoxy) is 1. The fourth-order valence-corrected chi connectivity index (χ4v) is 12.2. The molecule has 0 aliphatic heterocycles. The van der Waals surface area contributed by atoms with E-state index in [9.17, 15) is 4.21 Å². The van der Waals surface area contributed by atoms with E-state index in [4.69, 9.17) is 4.74 Å². The average molecular weight is 640 g/mol. The first-order valence-electron chi connectivity index (χ1n) is 17.1. The number of fused-ring (bicyclic) bond motifs is 1. The SMILES string of the molecule is CC(C)(C)[S@@](=O)NC(c1ccc2ccccc2c1)c1cccc(OCc2ccccc2)c1P(C1CCCCC1)C1CCCCC1. The van der Waals surface area contributed by atoms with Crippen LogP contribution < -0.4 is 14.8 Å². The summed E-state index contributed by atoms with van der Waals surface area (Å²) in [7, 11) is -1.75. The van der Waals surface area contributed by atoms with Crippen molar-refractivity contribution in [1.29, 1.82) is 0 Å². The van der Waals surface area contributed by atoms with Crippen LogP contribution in [0.25, 0.3) is 10.8 Å². The largest absolute Gasteiger partial charge is 0.488 e. The smallest absolute Gasteiger partial charge is 0.127 e. The highest BCUT2D eigenvalue weighted by atomic mass is 32.2. The molecule has 1 unspecified atom stereocenters. The molecular weight excluding hydrogens is 589 g/mol. The molecule has 238 valence electrons. The van der Waals surface area contributed by atoms with Crippen molar-refractivity contribution in [3.05, 3.63) is 108 Å². The summed E-state index contributed by atoms with van der Waals surface area (Å²) in [5.74, 6) is 1.03. The van der Waals surface area contributed by atoms with Crippen molar-refractivity contribution < 1.29 is 8.95 Å². The molecule has 0 amide bonds. The lowest BCUT2D eigenvalue weighted by Gasteiger charge is -2.41. The molecule has 1 N–H and O–H groups in total. The molecule has 4 aromatic carbocycles. The Morgan fingerprint density at radius 3 is 2.02 bits per heavy atom. The number of benzene rings is 4. The summed E-state index contributed by atoms with van der Waals surface area (Å²) >= 11 is 0. The van der Waals surface area contributed by atoms with Gasteiger partial charge in [0.25, 0.3) is 0 Å². The highest BCUT2D eigenvalue weighted by Gasteiger charge is 2.37. The normalized spacial score (nSPS) is 18.2. The Hall–Kier alpha value is -2.52. The molecule has 2 fully saturated rings. The Balaban J connectivity index is 1.53. The molecule has 0 aromatic heterocycles. The second kappa shape index (κ2) is 14.9. The van der Waals surface area contributed by atoms with Crippen molar-refractivity contribution in [3.63, 3.8) is 0 Å². The number of hydrogen-bond acceptors (Lipinski definition) is 2. The maximum Gasteiger partial charge on any atom is 0.127 e. The second-order valence-corrected chi connectivity index (χ2v) is 18.7. The Bertz CT molecular complexity index is 1550. The van der Waals surface area contributed by atoms with Crippen LogP contribution in [0.1, 0.15) is 108 Å². The second-order valence-electron chi connectivity index (χ2n) is 14.0. The lowest BCUT2D eigenvalue weighted by atomic mass is 9.96. The van der Waals surface area contributed by atoms with Gasteiger partial charge in [-0.3, -0.25) is 0 Å². The van der Waals surface area contributed by atoms with Gasteiger partial charge in [0.2, 0.25) is 0 Å². The zero-order valence-corrected chi connectivity index (χ0v) is 29.1. The molecule has 6 rings (SSSR count). The molecule has 2 saturated carbocycles. The first kappa shape index (κ1) is 32.4. The Morgan fingerprint density at radius 1 is 0.756 bits per heavy atom. The molecule has 0 spiro atoms. The fraction of sp³-hybridized carbons (Fsp3) is 0.450. The van der Waals surface area contributed by atoms with E-state index in [0.717, 1.165) is 11.3 Å². The summed E-state index contributed by atoms with van der Waals surface area (Å²) < 4.78 is 24.1. The molecule has 0 radical (unpaired) electrons. The molecule has 5 heteroatoms. The summed E-state index contributed by atoms with van der Waals surface area (Å²) in [6, 6.07) is 32.4. The standard InChI is InChI=1S/C40H50NO2PS/c1-40(2,3)45(42)41-38(33-27-26-31-18-13-14-19-32(31)28-33)36-24-15-25-37(43-29-30-16-7-4-8-17-30)39(36)44(34-20-9-5-10-21-34)35-22-11-6-12-23-35/h4,7-8,13-19,24-28,34-35,38,41H,5-6,9-12,20-23,29H2,1-3H3/t38?,45-/m1/s1. The van der Waals surface area contributed by atoms with Crippen molar-refractivity contribution >= 4 is 35.0 Å². The number of rotatable bonds is 10. The molecule has 3 nitrogen and oxygen atoms in total. The van der Waals surface area contributed by atoms with Gasteiger partial charge in [0.05, 0.1) is 21.8 Å². The third kappa shape index (κ3) is 7.90. The van der Waals surface area contributed by atoms with E-state index < -0.39 is 23.7 Å². The third-order valence-corrected chi connectivity index (χ3v) is 14.8. The minimum atomic E-state index is -1.26. The van der Waals surface area contributed by atoms with E-state index in [1.54, 1.807) is 0 Å². The minimum absolute atomic E-state index is 0.206. The Morgan fingerprint density at radius 2 is 1.38 bits per heavy atom. The maximum absolute atomic E-state index is 13.9. The van der Waals surface area contributed by atoms with Crippen LogP contribution in [0.15, 0.2) is 91.0 Å². The van der Waals surface area contributed by atoms with E-state index in [1.807, 2.05) is 0 Å².